The van der Waals surface area contributed by atoms with Gasteiger partial charge < -0.3 is 15.0 Å². The quantitative estimate of drug-likeness (QED) is 0.833. The van der Waals surface area contributed by atoms with Crippen molar-refractivity contribution in [3.8, 4) is 0 Å². The summed E-state index contributed by atoms with van der Waals surface area (Å²) in [5, 5.41) is 3.29. The average molecular weight is 342 g/mol. The van der Waals surface area contributed by atoms with Crippen LogP contribution in [0.4, 0.5) is 0 Å². The molecule has 0 saturated carbocycles. The molecular formula is C14H29Cl2N3O2. The average Bonchev–Trinajstić information content (AvgIpc) is 2.90. The zero-order chi connectivity index (χ0) is 13.8. The molecule has 0 aliphatic carbocycles. The SMILES string of the molecule is CCN(CC)C1CCN(C(=O)[C@H]2NCCO[C@@H]2C)C1.Cl.Cl. The van der Waals surface area contributed by atoms with E-state index in [1.165, 1.54) is 0 Å². The molecule has 1 amide bonds. The summed E-state index contributed by atoms with van der Waals surface area (Å²) in [7, 11) is 0. The molecule has 0 aromatic heterocycles. The first-order valence-corrected chi connectivity index (χ1v) is 7.55. The lowest BCUT2D eigenvalue weighted by Gasteiger charge is -2.33. The van der Waals surface area contributed by atoms with Crippen molar-refractivity contribution < 1.29 is 9.53 Å². The van der Waals surface area contributed by atoms with Crippen LogP contribution in [-0.4, -0.2) is 73.2 Å². The highest BCUT2D eigenvalue weighted by Gasteiger charge is 2.36. The van der Waals surface area contributed by atoms with Crippen LogP contribution in [0.3, 0.4) is 0 Å². The molecule has 0 aromatic rings. The maximum Gasteiger partial charge on any atom is 0.242 e. The topological polar surface area (TPSA) is 44.8 Å². The predicted molar refractivity (Wildman–Crippen MR) is 89.6 cm³/mol. The number of nitrogens with zero attached hydrogens (tertiary/aromatic N) is 2. The van der Waals surface area contributed by atoms with Gasteiger partial charge in [-0.15, -0.1) is 24.8 Å². The van der Waals surface area contributed by atoms with E-state index >= 15 is 0 Å². The molecule has 0 bridgehead atoms. The Morgan fingerprint density at radius 3 is 2.57 bits per heavy atom. The molecule has 2 fully saturated rings. The number of carbonyl (C=O) groups excluding carboxylic acids is 1. The molecule has 7 heteroatoms. The Morgan fingerprint density at radius 1 is 1.33 bits per heavy atom. The molecule has 2 aliphatic rings. The second kappa shape index (κ2) is 9.85. The van der Waals surface area contributed by atoms with Crippen molar-refractivity contribution in [1.82, 2.24) is 15.1 Å². The van der Waals surface area contributed by atoms with Crippen LogP contribution < -0.4 is 5.32 Å². The molecule has 2 heterocycles. The largest absolute Gasteiger partial charge is 0.375 e. The number of likely N-dealkylation sites (tertiary alicyclic amines) is 1. The summed E-state index contributed by atoms with van der Waals surface area (Å²) in [6.07, 6.45) is 1.07. The Labute approximate surface area is 140 Å². The molecule has 2 aliphatic heterocycles. The number of nitrogens with one attached hydrogen (secondary N) is 1. The van der Waals surface area contributed by atoms with Gasteiger partial charge >= 0.3 is 0 Å². The Balaban J connectivity index is 0.00000200. The summed E-state index contributed by atoms with van der Waals surface area (Å²) in [6.45, 7) is 11.7. The van der Waals surface area contributed by atoms with E-state index in [4.69, 9.17) is 4.74 Å². The highest BCUT2D eigenvalue weighted by atomic mass is 35.5. The van der Waals surface area contributed by atoms with E-state index in [2.05, 4.69) is 24.1 Å². The highest BCUT2D eigenvalue weighted by molar-refractivity contribution is 5.85. The van der Waals surface area contributed by atoms with E-state index in [0.717, 1.165) is 39.1 Å². The minimum absolute atomic E-state index is 0. The van der Waals surface area contributed by atoms with Crippen molar-refractivity contribution in [3.63, 3.8) is 0 Å². The van der Waals surface area contributed by atoms with E-state index in [1.54, 1.807) is 0 Å². The zero-order valence-electron chi connectivity index (χ0n) is 13.2. The molecule has 21 heavy (non-hydrogen) atoms. The summed E-state index contributed by atoms with van der Waals surface area (Å²) in [6, 6.07) is 0.364. The molecule has 2 rings (SSSR count). The summed E-state index contributed by atoms with van der Waals surface area (Å²) >= 11 is 0. The number of morpholine rings is 1. The van der Waals surface area contributed by atoms with Gasteiger partial charge in [0.2, 0.25) is 5.91 Å². The third-order valence-electron chi connectivity index (χ3n) is 4.39. The van der Waals surface area contributed by atoms with Crippen molar-refractivity contribution in [3.05, 3.63) is 0 Å². The van der Waals surface area contributed by atoms with Crippen molar-refractivity contribution in [1.29, 1.82) is 0 Å². The van der Waals surface area contributed by atoms with Gasteiger partial charge in [-0.3, -0.25) is 9.69 Å². The molecule has 0 spiro atoms. The minimum atomic E-state index is -0.163. The third-order valence-corrected chi connectivity index (χ3v) is 4.39. The number of rotatable bonds is 4. The zero-order valence-corrected chi connectivity index (χ0v) is 14.8. The maximum absolute atomic E-state index is 12.5. The first-order chi connectivity index (χ1) is 9.17. The van der Waals surface area contributed by atoms with Crippen LogP contribution >= 0.6 is 24.8 Å². The second-order valence-corrected chi connectivity index (χ2v) is 5.46. The van der Waals surface area contributed by atoms with Crippen molar-refractivity contribution in [2.75, 3.05) is 39.3 Å². The number of hydrogen-bond acceptors (Lipinski definition) is 4. The molecular weight excluding hydrogens is 313 g/mol. The molecule has 0 aromatic carbocycles. The normalized spacial score (nSPS) is 29.0. The first-order valence-electron chi connectivity index (χ1n) is 7.55. The lowest BCUT2D eigenvalue weighted by Crippen LogP contribution is -2.56. The van der Waals surface area contributed by atoms with Gasteiger partial charge in [-0.05, 0) is 26.4 Å². The number of carbonyl (C=O) groups is 1. The second-order valence-electron chi connectivity index (χ2n) is 5.46. The maximum atomic E-state index is 12.5. The van der Waals surface area contributed by atoms with Crippen LogP contribution in [-0.2, 0) is 9.53 Å². The van der Waals surface area contributed by atoms with Crippen LogP contribution in [0.1, 0.15) is 27.2 Å². The van der Waals surface area contributed by atoms with Crippen LogP contribution in [0.2, 0.25) is 0 Å². The molecule has 126 valence electrons. The summed E-state index contributed by atoms with van der Waals surface area (Å²) in [5.41, 5.74) is 0. The van der Waals surface area contributed by atoms with Gasteiger partial charge in [-0.25, -0.2) is 0 Å². The van der Waals surface area contributed by atoms with E-state index in [1.807, 2.05) is 11.8 Å². The van der Waals surface area contributed by atoms with Gasteiger partial charge in [0.25, 0.3) is 0 Å². The Hall–Kier alpha value is -0.0700. The number of amides is 1. The first kappa shape index (κ1) is 20.9. The molecule has 2 saturated heterocycles. The van der Waals surface area contributed by atoms with Crippen LogP contribution in [0.15, 0.2) is 0 Å². The molecule has 5 nitrogen and oxygen atoms in total. The number of ether oxygens (including phenoxy) is 1. The Kier molecular flexibility index (Phi) is 9.81. The minimum Gasteiger partial charge on any atom is -0.375 e. The Bertz CT molecular complexity index is 317. The van der Waals surface area contributed by atoms with Gasteiger partial charge in [-0.2, -0.15) is 0 Å². The predicted octanol–water partition coefficient (Wildman–Crippen LogP) is 1.15. The van der Waals surface area contributed by atoms with E-state index in [-0.39, 0.29) is 42.9 Å². The lowest BCUT2D eigenvalue weighted by atomic mass is 10.1. The van der Waals surface area contributed by atoms with Crippen molar-refractivity contribution >= 4 is 30.7 Å². The fourth-order valence-corrected chi connectivity index (χ4v) is 3.19. The van der Waals surface area contributed by atoms with Gasteiger partial charge in [0.15, 0.2) is 0 Å². The standard InChI is InChI=1S/C14H27N3O2.2ClH/c1-4-16(5-2)12-6-8-17(10-12)14(18)13-11(3)19-9-7-15-13;;/h11-13,15H,4-10H2,1-3H3;2*1H/t11-,12?,13+;;/m1../s1. The number of halogens is 2. The van der Waals surface area contributed by atoms with Crippen LogP contribution in [0.25, 0.3) is 0 Å². The number of hydrogen-bond donors (Lipinski definition) is 1. The fraction of sp³-hybridized carbons (Fsp3) is 0.929. The number of likely N-dealkylation sites (N-methyl/N-ethyl adjacent to an activating group) is 1. The highest BCUT2D eigenvalue weighted by Crippen LogP contribution is 2.18. The molecule has 3 atom stereocenters. The fourth-order valence-electron chi connectivity index (χ4n) is 3.19. The van der Waals surface area contributed by atoms with Gasteiger partial charge in [-0.1, -0.05) is 13.8 Å². The molecule has 1 N–H and O–H groups in total. The summed E-state index contributed by atoms with van der Waals surface area (Å²) in [5.74, 6) is 0.210. The smallest absolute Gasteiger partial charge is 0.242 e. The van der Waals surface area contributed by atoms with E-state index < -0.39 is 0 Å². The summed E-state index contributed by atoms with van der Waals surface area (Å²) < 4.78 is 5.57. The lowest BCUT2D eigenvalue weighted by molar-refractivity contribution is -0.138. The summed E-state index contributed by atoms with van der Waals surface area (Å²) in [4.78, 5) is 17.0. The molecule has 1 unspecified atom stereocenters. The van der Waals surface area contributed by atoms with Gasteiger partial charge in [0.1, 0.15) is 6.04 Å². The van der Waals surface area contributed by atoms with E-state index in [0.29, 0.717) is 12.6 Å². The Morgan fingerprint density at radius 2 is 2.00 bits per heavy atom. The van der Waals surface area contributed by atoms with Crippen molar-refractivity contribution in [2.24, 2.45) is 0 Å². The monoisotopic (exact) mass is 341 g/mol. The van der Waals surface area contributed by atoms with Gasteiger partial charge in [0, 0.05) is 25.7 Å². The van der Waals surface area contributed by atoms with Crippen LogP contribution in [0, 0.1) is 0 Å². The van der Waals surface area contributed by atoms with Crippen molar-refractivity contribution in [2.45, 2.75) is 45.4 Å². The third kappa shape index (κ3) is 4.96. The van der Waals surface area contributed by atoms with Gasteiger partial charge in [0.05, 0.1) is 12.7 Å². The van der Waals surface area contributed by atoms with E-state index in [9.17, 15) is 4.79 Å². The molecule has 0 radical (unpaired) electrons. The van der Waals surface area contributed by atoms with Crippen LogP contribution in [0.5, 0.6) is 0 Å².